The summed E-state index contributed by atoms with van der Waals surface area (Å²) in [6.07, 6.45) is 5.87. The van der Waals surface area contributed by atoms with E-state index in [2.05, 4.69) is 13.8 Å². The molecule has 1 fully saturated rings. The summed E-state index contributed by atoms with van der Waals surface area (Å²) in [4.78, 5) is 29.3. The Morgan fingerprint density at radius 2 is 1.45 bits per heavy atom. The molecule has 1 amide bonds. The van der Waals surface area contributed by atoms with Crippen LogP contribution in [0.2, 0.25) is 0 Å². The molecule has 2 aliphatic rings. The van der Waals surface area contributed by atoms with Gasteiger partial charge in [-0.15, -0.1) is 0 Å². The van der Waals surface area contributed by atoms with Crippen molar-refractivity contribution in [2.45, 2.75) is 52.4 Å². The first kappa shape index (κ1) is 38.0. The topological polar surface area (TPSA) is 236 Å². The van der Waals surface area contributed by atoms with Gasteiger partial charge in [-0.3, -0.25) is 4.79 Å². The zero-order chi connectivity index (χ0) is 20.5. The van der Waals surface area contributed by atoms with Crippen LogP contribution in [0.15, 0.2) is 0 Å². The quantitative estimate of drug-likeness (QED) is 0.232. The molecule has 0 aliphatic carbocycles. The van der Waals surface area contributed by atoms with Crippen LogP contribution >= 0.6 is 0 Å². The monoisotopic (exact) mass is 648 g/mol. The predicted octanol–water partition coefficient (Wildman–Crippen LogP) is 0.265. The Hall–Kier alpha value is -1.69. The van der Waals surface area contributed by atoms with Crippen LogP contribution in [0, 0.1) is 61.8 Å². The first-order valence-corrected chi connectivity index (χ1v) is 8.34. The van der Waals surface area contributed by atoms with E-state index in [-0.39, 0.29) is 42.1 Å². The largest absolute Gasteiger partial charge is 2.00 e. The molecular formula is C14H26N4O10U-6. The molecule has 0 aromatic heterocycles. The average Bonchev–Trinajstić information content (AvgIpc) is 3.09. The van der Waals surface area contributed by atoms with Crippen molar-refractivity contribution in [3.8, 4) is 0 Å². The molecule has 0 unspecified atom stereocenters. The SMILES string of the molecule is CCCN1CCCC1=O.CCC[N+]1=C([O-])CCC1.O=[N+]([O-])[O-].O=[N+]([O-])[O-].[O-2].[O-2].[U]. The van der Waals surface area contributed by atoms with Crippen LogP contribution in [-0.2, 0) is 15.7 Å². The van der Waals surface area contributed by atoms with Crippen molar-refractivity contribution in [2.75, 3.05) is 26.2 Å². The molecule has 0 spiro atoms. The van der Waals surface area contributed by atoms with Crippen LogP contribution in [0.5, 0.6) is 0 Å². The molecule has 0 aromatic rings. The second kappa shape index (κ2) is 24.3. The van der Waals surface area contributed by atoms with Crippen LogP contribution in [-0.4, -0.2) is 57.6 Å². The zero-order valence-electron chi connectivity index (χ0n) is 16.4. The smallest absolute Gasteiger partial charge is 0.222 e. The average molecular weight is 648 g/mol. The number of nitrogens with zero attached hydrogens (tertiary/aromatic N) is 4. The molecule has 2 heterocycles. The van der Waals surface area contributed by atoms with Gasteiger partial charge in [-0.1, -0.05) is 13.8 Å². The summed E-state index contributed by atoms with van der Waals surface area (Å²) < 4.78 is 1.94. The maximum absolute atomic E-state index is 10.9. The number of likely N-dealkylation sites (tertiary alicyclic amines) is 1. The molecule has 0 atom stereocenters. The summed E-state index contributed by atoms with van der Waals surface area (Å²) in [5.41, 5.74) is 0. The fraction of sp³-hybridized carbons (Fsp3) is 0.857. The van der Waals surface area contributed by atoms with Gasteiger partial charge in [0.1, 0.15) is 19.0 Å². The second-order valence-corrected chi connectivity index (χ2v) is 5.42. The fourth-order valence-electron chi connectivity index (χ4n) is 2.42. The predicted molar refractivity (Wildman–Crippen MR) is 92.7 cm³/mol. The Kier molecular flexibility index (Phi) is 31.9. The van der Waals surface area contributed by atoms with E-state index in [1.807, 2.05) is 9.48 Å². The molecule has 2 aliphatic heterocycles. The summed E-state index contributed by atoms with van der Waals surface area (Å²) in [5.74, 6) is 0.689. The number of carbonyl (C=O) groups is 1. The van der Waals surface area contributed by atoms with Gasteiger partial charge in [0.15, 0.2) is 0 Å². The number of amides is 1. The second-order valence-electron chi connectivity index (χ2n) is 5.42. The van der Waals surface area contributed by atoms with Crippen molar-refractivity contribution in [1.82, 2.24) is 4.90 Å². The van der Waals surface area contributed by atoms with Gasteiger partial charge in [0.05, 0.1) is 10.2 Å². The van der Waals surface area contributed by atoms with Crippen LogP contribution in [0.4, 0.5) is 0 Å². The van der Waals surface area contributed by atoms with Crippen molar-refractivity contribution in [3.63, 3.8) is 0 Å². The standard InChI is InChI=1S/2C7H13NO.2NO3.2O.U/c2*1-2-5-8-6-3-4-7(8)9;2*2-1(3)4;;;/h2*2-6H2,1H3;;;;;/q;;2*-1;2*-2;. The molecule has 0 aromatic carbocycles. The number of carbonyl (C=O) groups excluding carboxylic acids is 1. The van der Waals surface area contributed by atoms with Gasteiger partial charge < -0.3 is 51.6 Å². The Balaban J connectivity index is -0.0000000912. The van der Waals surface area contributed by atoms with E-state index in [9.17, 15) is 9.90 Å². The minimum Gasteiger partial charge on any atom is -2.00 e. The first-order valence-electron chi connectivity index (χ1n) is 8.34. The van der Waals surface area contributed by atoms with Gasteiger partial charge in [0.25, 0.3) is 0 Å². The maximum Gasteiger partial charge on any atom is 0.222 e. The molecule has 0 bridgehead atoms. The van der Waals surface area contributed by atoms with Gasteiger partial charge in [0, 0.05) is 69.9 Å². The van der Waals surface area contributed by atoms with Crippen LogP contribution < -0.4 is 5.11 Å². The Morgan fingerprint density at radius 1 is 0.966 bits per heavy atom. The van der Waals surface area contributed by atoms with E-state index >= 15 is 0 Å². The van der Waals surface area contributed by atoms with E-state index in [0.717, 1.165) is 64.7 Å². The van der Waals surface area contributed by atoms with Gasteiger partial charge in [-0.05, 0) is 12.8 Å². The van der Waals surface area contributed by atoms with Gasteiger partial charge in [0.2, 0.25) is 5.91 Å². The minimum absolute atomic E-state index is 0. The summed E-state index contributed by atoms with van der Waals surface area (Å²) in [6, 6.07) is 0. The van der Waals surface area contributed by atoms with Crippen molar-refractivity contribution in [2.24, 2.45) is 0 Å². The van der Waals surface area contributed by atoms with Crippen molar-refractivity contribution in [1.29, 1.82) is 0 Å². The maximum atomic E-state index is 10.9. The zero-order valence-corrected chi connectivity index (χ0v) is 20.6. The summed E-state index contributed by atoms with van der Waals surface area (Å²) in [7, 11) is 0. The van der Waals surface area contributed by atoms with Crippen molar-refractivity contribution >= 4 is 11.8 Å². The Morgan fingerprint density at radius 3 is 1.72 bits per heavy atom. The molecule has 0 radical (unpaired) electrons. The normalized spacial score (nSPS) is 13.6. The number of rotatable bonds is 4. The van der Waals surface area contributed by atoms with E-state index in [1.165, 1.54) is 0 Å². The van der Waals surface area contributed by atoms with E-state index in [0.29, 0.717) is 11.8 Å². The van der Waals surface area contributed by atoms with E-state index in [1.54, 1.807) is 0 Å². The Bertz CT molecular complexity index is 459. The van der Waals surface area contributed by atoms with Gasteiger partial charge in [-0.2, -0.15) is 0 Å². The summed E-state index contributed by atoms with van der Waals surface area (Å²) in [6.45, 7) is 8.11. The number of hydrogen-bond donors (Lipinski definition) is 0. The molecule has 14 nitrogen and oxygen atoms in total. The molecular weight excluding hydrogens is 622 g/mol. The first-order chi connectivity index (χ1) is 12.1. The molecule has 0 saturated carbocycles. The van der Waals surface area contributed by atoms with Crippen molar-refractivity contribution < 1.29 is 66.7 Å². The van der Waals surface area contributed by atoms with Gasteiger partial charge in [-0.25, -0.2) is 4.58 Å². The molecule has 15 heteroatoms. The fourth-order valence-corrected chi connectivity index (χ4v) is 2.42. The summed E-state index contributed by atoms with van der Waals surface area (Å²) in [5, 5.41) is 40.4. The minimum atomic E-state index is -1.75. The molecule has 172 valence electrons. The molecule has 2 rings (SSSR count). The van der Waals surface area contributed by atoms with Crippen LogP contribution in [0.3, 0.4) is 0 Å². The third-order valence-corrected chi connectivity index (χ3v) is 3.33. The Labute approximate surface area is 192 Å². The van der Waals surface area contributed by atoms with E-state index < -0.39 is 10.2 Å². The van der Waals surface area contributed by atoms with Crippen LogP contribution in [0.25, 0.3) is 0 Å². The third-order valence-electron chi connectivity index (χ3n) is 3.33. The summed E-state index contributed by atoms with van der Waals surface area (Å²) >= 11 is 0. The molecule has 0 N–H and O–H groups in total. The molecule has 29 heavy (non-hydrogen) atoms. The van der Waals surface area contributed by atoms with Gasteiger partial charge >= 0.3 is 0 Å². The van der Waals surface area contributed by atoms with E-state index in [4.69, 9.17) is 30.6 Å². The van der Waals surface area contributed by atoms with Crippen molar-refractivity contribution in [3.05, 3.63) is 30.6 Å². The number of hydrogen-bond acceptors (Lipinski definition) is 8. The van der Waals surface area contributed by atoms with Crippen LogP contribution in [0.1, 0.15) is 52.4 Å². The molecule has 1 saturated heterocycles. The third kappa shape index (κ3) is 26.3.